The molecule has 2 aromatic rings. The Morgan fingerprint density at radius 1 is 1.15 bits per heavy atom. The van der Waals surface area contributed by atoms with E-state index in [1.54, 1.807) is 0 Å². The maximum absolute atomic E-state index is 5.70. The van der Waals surface area contributed by atoms with E-state index >= 15 is 0 Å². The Balaban J connectivity index is 2.51. The van der Waals surface area contributed by atoms with Crippen molar-refractivity contribution in [1.29, 1.82) is 0 Å². The molecule has 0 atom stereocenters. The van der Waals surface area contributed by atoms with Gasteiger partial charge in [0.2, 0.25) is 0 Å². The van der Waals surface area contributed by atoms with Gasteiger partial charge in [-0.2, -0.15) is 0 Å². The van der Waals surface area contributed by atoms with Crippen LogP contribution < -0.4 is 5.73 Å². The molecule has 0 saturated carbocycles. The van der Waals surface area contributed by atoms with E-state index in [1.807, 2.05) is 11.3 Å². The van der Waals surface area contributed by atoms with Crippen LogP contribution in [0.1, 0.15) is 47.8 Å². The molecule has 0 aliphatic carbocycles. The highest BCUT2D eigenvalue weighted by Gasteiger charge is 2.34. The van der Waals surface area contributed by atoms with Crippen LogP contribution in [0, 0.1) is 6.92 Å². The molecule has 0 fully saturated rings. The summed E-state index contributed by atoms with van der Waals surface area (Å²) in [5.41, 5.74) is 8.27. The molecule has 0 amide bonds. The van der Waals surface area contributed by atoms with Crippen molar-refractivity contribution in [2.24, 2.45) is 5.73 Å². The lowest BCUT2D eigenvalue weighted by Crippen LogP contribution is -2.25. The van der Waals surface area contributed by atoms with E-state index < -0.39 is 0 Å². The Morgan fingerprint density at radius 3 is 2.35 bits per heavy atom. The molecule has 2 rings (SSSR count). The van der Waals surface area contributed by atoms with E-state index in [0.29, 0.717) is 6.54 Å². The quantitative estimate of drug-likeness (QED) is 0.870. The SMILES string of the molecule is CCC(CC)(c1ccccc1)c1nc(C)c(CCN)s1. The van der Waals surface area contributed by atoms with E-state index in [-0.39, 0.29) is 5.41 Å². The predicted octanol–water partition coefficient (Wildman–Crippen LogP) is 4.06. The Morgan fingerprint density at radius 2 is 1.80 bits per heavy atom. The van der Waals surface area contributed by atoms with Crippen LogP contribution in [0.15, 0.2) is 30.3 Å². The molecule has 2 nitrogen and oxygen atoms in total. The number of hydrogen-bond acceptors (Lipinski definition) is 3. The van der Waals surface area contributed by atoms with Crippen molar-refractivity contribution < 1.29 is 0 Å². The maximum atomic E-state index is 5.70. The monoisotopic (exact) mass is 288 g/mol. The van der Waals surface area contributed by atoms with Crippen molar-refractivity contribution in [2.45, 2.75) is 45.4 Å². The van der Waals surface area contributed by atoms with E-state index in [0.717, 1.165) is 25.0 Å². The van der Waals surface area contributed by atoms with Crippen molar-refractivity contribution in [3.8, 4) is 0 Å². The first kappa shape index (κ1) is 15.2. The summed E-state index contributed by atoms with van der Waals surface area (Å²) >= 11 is 1.84. The molecule has 2 N–H and O–H groups in total. The second kappa shape index (κ2) is 6.51. The van der Waals surface area contributed by atoms with Gasteiger partial charge in [0.25, 0.3) is 0 Å². The van der Waals surface area contributed by atoms with Crippen LogP contribution in [0.3, 0.4) is 0 Å². The molecular weight excluding hydrogens is 264 g/mol. The normalized spacial score (nSPS) is 11.8. The largest absolute Gasteiger partial charge is 0.330 e. The third-order valence-electron chi connectivity index (χ3n) is 4.21. The molecule has 0 spiro atoms. The lowest BCUT2D eigenvalue weighted by atomic mass is 9.76. The van der Waals surface area contributed by atoms with Crippen LogP contribution >= 0.6 is 11.3 Å². The van der Waals surface area contributed by atoms with Crippen LogP contribution in [0.2, 0.25) is 0 Å². The van der Waals surface area contributed by atoms with Crippen molar-refractivity contribution >= 4 is 11.3 Å². The third-order valence-corrected chi connectivity index (χ3v) is 5.63. The molecule has 0 bridgehead atoms. The lowest BCUT2D eigenvalue weighted by Gasteiger charge is -2.30. The summed E-state index contributed by atoms with van der Waals surface area (Å²) in [4.78, 5) is 6.22. The molecule has 0 unspecified atom stereocenters. The van der Waals surface area contributed by atoms with E-state index in [4.69, 9.17) is 10.7 Å². The number of hydrogen-bond donors (Lipinski definition) is 1. The van der Waals surface area contributed by atoms with Gasteiger partial charge in [-0.15, -0.1) is 11.3 Å². The van der Waals surface area contributed by atoms with Gasteiger partial charge in [-0.3, -0.25) is 0 Å². The number of rotatable bonds is 6. The summed E-state index contributed by atoms with van der Waals surface area (Å²) < 4.78 is 0. The van der Waals surface area contributed by atoms with Gasteiger partial charge in [-0.05, 0) is 38.3 Å². The second-order valence-electron chi connectivity index (χ2n) is 5.22. The van der Waals surface area contributed by atoms with Gasteiger partial charge in [-0.1, -0.05) is 44.2 Å². The molecular formula is C17H24N2S. The summed E-state index contributed by atoms with van der Waals surface area (Å²) in [6.45, 7) is 7.32. The molecule has 3 heteroatoms. The minimum atomic E-state index is 0.0452. The van der Waals surface area contributed by atoms with Crippen LogP contribution in [0.5, 0.6) is 0 Å². The van der Waals surface area contributed by atoms with Gasteiger partial charge in [0.05, 0.1) is 5.69 Å². The zero-order valence-corrected chi connectivity index (χ0v) is 13.5. The highest BCUT2D eigenvalue weighted by Crippen LogP contribution is 2.41. The fraction of sp³-hybridized carbons (Fsp3) is 0.471. The zero-order valence-electron chi connectivity index (χ0n) is 12.6. The van der Waals surface area contributed by atoms with E-state index in [1.165, 1.54) is 15.4 Å². The molecule has 20 heavy (non-hydrogen) atoms. The average molecular weight is 288 g/mol. The fourth-order valence-corrected chi connectivity index (χ4v) is 4.27. The summed E-state index contributed by atoms with van der Waals surface area (Å²) in [7, 11) is 0. The molecule has 1 aromatic heterocycles. The molecule has 0 radical (unpaired) electrons. The molecule has 1 aromatic carbocycles. The van der Waals surface area contributed by atoms with E-state index in [9.17, 15) is 0 Å². The van der Waals surface area contributed by atoms with Gasteiger partial charge < -0.3 is 5.73 Å². The van der Waals surface area contributed by atoms with Crippen LogP contribution in [-0.4, -0.2) is 11.5 Å². The Hall–Kier alpha value is -1.19. The molecule has 0 aliphatic rings. The summed E-state index contributed by atoms with van der Waals surface area (Å²) in [6, 6.07) is 10.8. The summed E-state index contributed by atoms with van der Waals surface area (Å²) in [6.07, 6.45) is 3.08. The third kappa shape index (κ3) is 2.65. The predicted molar refractivity (Wildman–Crippen MR) is 87.4 cm³/mol. The Bertz CT molecular complexity index is 541. The zero-order chi connectivity index (χ0) is 14.6. The average Bonchev–Trinajstić information content (AvgIpc) is 2.84. The van der Waals surface area contributed by atoms with Crippen LogP contribution in [0.4, 0.5) is 0 Å². The topological polar surface area (TPSA) is 38.9 Å². The summed E-state index contributed by atoms with van der Waals surface area (Å²) in [5, 5.41) is 1.25. The molecule has 108 valence electrons. The smallest absolute Gasteiger partial charge is 0.104 e. The van der Waals surface area contributed by atoms with Crippen molar-refractivity contribution in [2.75, 3.05) is 6.54 Å². The highest BCUT2D eigenvalue weighted by molar-refractivity contribution is 7.12. The number of thiazole rings is 1. The number of aryl methyl sites for hydroxylation is 1. The lowest BCUT2D eigenvalue weighted by molar-refractivity contribution is 0.475. The van der Waals surface area contributed by atoms with Crippen molar-refractivity contribution in [3.63, 3.8) is 0 Å². The minimum absolute atomic E-state index is 0.0452. The first-order chi connectivity index (χ1) is 9.67. The fourth-order valence-electron chi connectivity index (χ4n) is 2.84. The van der Waals surface area contributed by atoms with Crippen molar-refractivity contribution in [1.82, 2.24) is 4.98 Å². The van der Waals surface area contributed by atoms with Crippen molar-refractivity contribution in [3.05, 3.63) is 51.5 Å². The highest BCUT2D eigenvalue weighted by atomic mass is 32.1. The molecule has 0 aliphatic heterocycles. The Kier molecular flexibility index (Phi) is 4.95. The van der Waals surface area contributed by atoms with Gasteiger partial charge in [0.15, 0.2) is 0 Å². The van der Waals surface area contributed by atoms with Gasteiger partial charge in [0, 0.05) is 10.3 Å². The second-order valence-corrected chi connectivity index (χ2v) is 6.31. The number of nitrogens with zero attached hydrogens (tertiary/aromatic N) is 1. The minimum Gasteiger partial charge on any atom is -0.330 e. The van der Waals surface area contributed by atoms with E-state index in [2.05, 4.69) is 51.1 Å². The van der Waals surface area contributed by atoms with Gasteiger partial charge >= 0.3 is 0 Å². The van der Waals surface area contributed by atoms with Gasteiger partial charge in [0.1, 0.15) is 5.01 Å². The number of benzene rings is 1. The summed E-state index contributed by atoms with van der Waals surface area (Å²) in [5.74, 6) is 0. The molecule has 0 saturated heterocycles. The standard InChI is InChI=1S/C17H24N2S/c1-4-17(5-2,14-9-7-6-8-10-14)16-19-13(3)15(20-16)11-12-18/h6-10H,4-5,11-12,18H2,1-3H3. The first-order valence-corrected chi connectivity index (χ1v) is 8.22. The Labute approximate surface area is 126 Å². The number of aromatic nitrogens is 1. The number of nitrogens with two attached hydrogens (primary N) is 1. The van der Waals surface area contributed by atoms with Crippen LogP contribution in [0.25, 0.3) is 0 Å². The van der Waals surface area contributed by atoms with Crippen LogP contribution in [-0.2, 0) is 11.8 Å². The van der Waals surface area contributed by atoms with Gasteiger partial charge in [-0.25, -0.2) is 4.98 Å². The first-order valence-electron chi connectivity index (χ1n) is 7.40. The molecule has 1 heterocycles. The maximum Gasteiger partial charge on any atom is 0.104 e.